The summed E-state index contributed by atoms with van der Waals surface area (Å²) in [4.78, 5) is 0. The molecule has 2 rings (SSSR count). The largest absolute Gasteiger partial charge is 0.508 e. The SMILES string of the molecule is CNC(c1cccc(O)c1)[C@H]1CCCC[C@H]1O.Cl. The average Bonchev–Trinajstić information content (AvgIpc) is 2.33. The first-order chi connectivity index (χ1) is 8.22. The number of aliphatic hydroxyl groups is 1. The van der Waals surface area contributed by atoms with Crippen molar-refractivity contribution in [3.63, 3.8) is 0 Å². The van der Waals surface area contributed by atoms with E-state index in [1.54, 1.807) is 12.1 Å². The maximum absolute atomic E-state index is 10.1. The van der Waals surface area contributed by atoms with Crippen LogP contribution in [0, 0.1) is 5.92 Å². The molecule has 3 atom stereocenters. The van der Waals surface area contributed by atoms with Gasteiger partial charge < -0.3 is 15.5 Å². The number of phenolic OH excluding ortho intramolecular Hbond substituents is 1. The van der Waals surface area contributed by atoms with Crippen molar-refractivity contribution in [2.75, 3.05) is 7.05 Å². The van der Waals surface area contributed by atoms with Crippen molar-refractivity contribution in [3.05, 3.63) is 29.8 Å². The van der Waals surface area contributed by atoms with Gasteiger partial charge in [-0.15, -0.1) is 12.4 Å². The fourth-order valence-electron chi connectivity index (χ4n) is 2.87. The van der Waals surface area contributed by atoms with E-state index in [2.05, 4.69) is 5.32 Å². The highest BCUT2D eigenvalue weighted by Gasteiger charge is 2.30. The van der Waals surface area contributed by atoms with E-state index in [0.29, 0.717) is 0 Å². The number of nitrogens with one attached hydrogen (secondary N) is 1. The number of rotatable bonds is 3. The summed E-state index contributed by atoms with van der Waals surface area (Å²) in [5, 5.41) is 22.9. The van der Waals surface area contributed by atoms with Crippen LogP contribution in [0.15, 0.2) is 24.3 Å². The average molecular weight is 272 g/mol. The fraction of sp³-hybridized carbons (Fsp3) is 0.571. The smallest absolute Gasteiger partial charge is 0.115 e. The van der Waals surface area contributed by atoms with Crippen molar-refractivity contribution in [2.24, 2.45) is 5.92 Å². The van der Waals surface area contributed by atoms with E-state index in [0.717, 1.165) is 24.8 Å². The summed E-state index contributed by atoms with van der Waals surface area (Å²) in [6.45, 7) is 0. The highest BCUT2D eigenvalue weighted by molar-refractivity contribution is 5.85. The lowest BCUT2D eigenvalue weighted by molar-refractivity contribution is 0.0494. The first-order valence-corrected chi connectivity index (χ1v) is 6.36. The van der Waals surface area contributed by atoms with Gasteiger partial charge in [0.1, 0.15) is 5.75 Å². The van der Waals surface area contributed by atoms with Crippen molar-refractivity contribution in [1.82, 2.24) is 5.32 Å². The Balaban J connectivity index is 0.00000162. The van der Waals surface area contributed by atoms with Crippen molar-refractivity contribution < 1.29 is 10.2 Å². The van der Waals surface area contributed by atoms with Crippen molar-refractivity contribution >= 4 is 12.4 Å². The van der Waals surface area contributed by atoms with Crippen LogP contribution in [-0.4, -0.2) is 23.4 Å². The van der Waals surface area contributed by atoms with Crippen LogP contribution in [0.3, 0.4) is 0 Å². The third-order valence-electron chi connectivity index (χ3n) is 3.75. The molecule has 3 N–H and O–H groups in total. The van der Waals surface area contributed by atoms with Crippen molar-refractivity contribution in [1.29, 1.82) is 0 Å². The molecular formula is C14H22ClNO2. The Morgan fingerprint density at radius 1 is 1.28 bits per heavy atom. The Hall–Kier alpha value is -0.770. The molecule has 18 heavy (non-hydrogen) atoms. The standard InChI is InChI=1S/C14H21NO2.ClH/c1-15-14(10-5-4-6-11(16)9-10)12-7-2-3-8-13(12)17;/h4-6,9,12-17H,2-3,7-8H2,1H3;1H/t12-,13+,14?;/m0./s1. The number of halogens is 1. The Morgan fingerprint density at radius 3 is 2.61 bits per heavy atom. The van der Waals surface area contributed by atoms with Crippen LogP contribution in [0.1, 0.15) is 37.3 Å². The van der Waals surface area contributed by atoms with Gasteiger partial charge in [-0.25, -0.2) is 0 Å². The molecule has 1 saturated carbocycles. The van der Waals surface area contributed by atoms with Crippen LogP contribution in [0.5, 0.6) is 5.75 Å². The topological polar surface area (TPSA) is 52.5 Å². The van der Waals surface area contributed by atoms with E-state index in [9.17, 15) is 10.2 Å². The molecule has 1 aliphatic carbocycles. The Labute approximate surface area is 115 Å². The van der Waals surface area contributed by atoms with Crippen LogP contribution >= 0.6 is 12.4 Å². The molecule has 0 saturated heterocycles. The second-order valence-electron chi connectivity index (χ2n) is 4.88. The Bertz CT molecular complexity index is 373. The Kier molecular flexibility index (Phi) is 5.93. The molecule has 4 heteroatoms. The van der Waals surface area contributed by atoms with Crippen molar-refractivity contribution in [2.45, 2.75) is 37.8 Å². The highest BCUT2D eigenvalue weighted by Crippen LogP contribution is 2.35. The van der Waals surface area contributed by atoms with E-state index in [-0.39, 0.29) is 36.2 Å². The molecule has 1 unspecified atom stereocenters. The van der Waals surface area contributed by atoms with Crippen LogP contribution in [0.2, 0.25) is 0 Å². The molecule has 1 aliphatic rings. The lowest BCUT2D eigenvalue weighted by atomic mass is 9.79. The number of hydrogen-bond donors (Lipinski definition) is 3. The predicted octanol–water partition coefficient (Wildman–Crippen LogP) is 2.63. The van der Waals surface area contributed by atoms with Crippen LogP contribution < -0.4 is 5.32 Å². The summed E-state index contributed by atoms with van der Waals surface area (Å²) < 4.78 is 0. The number of hydrogen-bond acceptors (Lipinski definition) is 3. The van der Waals surface area contributed by atoms with Gasteiger partial charge in [-0.3, -0.25) is 0 Å². The van der Waals surface area contributed by atoms with Gasteiger partial charge >= 0.3 is 0 Å². The summed E-state index contributed by atoms with van der Waals surface area (Å²) in [5.74, 6) is 0.531. The maximum Gasteiger partial charge on any atom is 0.115 e. The third kappa shape index (κ3) is 3.37. The van der Waals surface area contributed by atoms with Gasteiger partial charge in [0.15, 0.2) is 0 Å². The Morgan fingerprint density at radius 2 is 2.00 bits per heavy atom. The minimum absolute atomic E-state index is 0. The molecule has 0 spiro atoms. The summed E-state index contributed by atoms with van der Waals surface area (Å²) in [5.41, 5.74) is 1.05. The van der Waals surface area contributed by atoms with Crippen molar-refractivity contribution in [3.8, 4) is 5.75 Å². The summed E-state index contributed by atoms with van der Waals surface area (Å²) >= 11 is 0. The lowest BCUT2D eigenvalue weighted by Crippen LogP contribution is -2.35. The highest BCUT2D eigenvalue weighted by atomic mass is 35.5. The van der Waals surface area contributed by atoms with E-state index in [1.165, 1.54) is 6.42 Å². The second-order valence-corrected chi connectivity index (χ2v) is 4.88. The summed E-state index contributed by atoms with van der Waals surface area (Å²) in [6, 6.07) is 7.43. The monoisotopic (exact) mass is 271 g/mol. The van der Waals surface area contributed by atoms with Gasteiger partial charge in [0.05, 0.1) is 6.10 Å². The minimum atomic E-state index is -0.233. The van der Waals surface area contributed by atoms with Gasteiger partial charge in [-0.1, -0.05) is 25.0 Å². The maximum atomic E-state index is 10.1. The van der Waals surface area contributed by atoms with Gasteiger partial charge in [0, 0.05) is 12.0 Å². The van der Waals surface area contributed by atoms with Gasteiger partial charge in [0.25, 0.3) is 0 Å². The molecule has 0 radical (unpaired) electrons. The normalized spacial score (nSPS) is 25.2. The number of phenols is 1. The number of benzene rings is 1. The van der Waals surface area contributed by atoms with E-state index >= 15 is 0 Å². The van der Waals surface area contributed by atoms with Gasteiger partial charge in [-0.05, 0) is 37.6 Å². The molecule has 0 amide bonds. The van der Waals surface area contributed by atoms with Crippen LogP contribution in [0.25, 0.3) is 0 Å². The third-order valence-corrected chi connectivity index (χ3v) is 3.75. The first kappa shape index (κ1) is 15.3. The van der Waals surface area contributed by atoms with Gasteiger partial charge in [-0.2, -0.15) is 0 Å². The number of aromatic hydroxyl groups is 1. The molecule has 102 valence electrons. The molecule has 0 aromatic heterocycles. The minimum Gasteiger partial charge on any atom is -0.508 e. The summed E-state index contributed by atoms with van der Waals surface area (Å²) in [6.07, 6.45) is 4.00. The van der Waals surface area contributed by atoms with Gasteiger partial charge in [0.2, 0.25) is 0 Å². The first-order valence-electron chi connectivity index (χ1n) is 6.36. The predicted molar refractivity (Wildman–Crippen MR) is 75.1 cm³/mol. The molecular weight excluding hydrogens is 250 g/mol. The molecule has 1 fully saturated rings. The second kappa shape index (κ2) is 6.98. The zero-order chi connectivity index (χ0) is 12.3. The van der Waals surface area contributed by atoms with E-state index in [1.807, 2.05) is 19.2 Å². The van der Waals surface area contributed by atoms with E-state index in [4.69, 9.17) is 0 Å². The number of aliphatic hydroxyl groups excluding tert-OH is 1. The lowest BCUT2D eigenvalue weighted by Gasteiger charge is -2.34. The summed E-state index contributed by atoms with van der Waals surface area (Å²) in [7, 11) is 1.91. The zero-order valence-corrected chi connectivity index (χ0v) is 11.5. The van der Waals surface area contributed by atoms with E-state index < -0.39 is 0 Å². The zero-order valence-electron chi connectivity index (χ0n) is 10.7. The van der Waals surface area contributed by atoms with Crippen LogP contribution in [-0.2, 0) is 0 Å². The fourth-order valence-corrected chi connectivity index (χ4v) is 2.87. The molecule has 3 nitrogen and oxygen atoms in total. The molecule has 0 aliphatic heterocycles. The molecule has 1 aromatic rings. The molecule has 1 aromatic carbocycles. The molecule has 0 bridgehead atoms. The molecule has 0 heterocycles. The quantitative estimate of drug-likeness (QED) is 0.792. The van der Waals surface area contributed by atoms with Crippen LogP contribution in [0.4, 0.5) is 0 Å².